The summed E-state index contributed by atoms with van der Waals surface area (Å²) >= 11 is 0. The Morgan fingerprint density at radius 2 is 2.25 bits per heavy atom. The van der Waals surface area contributed by atoms with Gasteiger partial charge in [0.15, 0.2) is 0 Å². The van der Waals surface area contributed by atoms with Crippen molar-refractivity contribution in [2.45, 2.75) is 25.3 Å². The van der Waals surface area contributed by atoms with E-state index in [0.717, 1.165) is 19.4 Å². The van der Waals surface area contributed by atoms with E-state index < -0.39 is 16.0 Å². The van der Waals surface area contributed by atoms with Gasteiger partial charge in [-0.1, -0.05) is 0 Å². The molecule has 0 bridgehead atoms. The summed E-state index contributed by atoms with van der Waals surface area (Å²) in [5.74, 6) is -1.44. The monoisotopic (exact) mass is 250 g/mol. The van der Waals surface area contributed by atoms with Crippen LogP contribution in [0.2, 0.25) is 0 Å². The number of rotatable bonds is 5. The Balaban J connectivity index is 2.42. The van der Waals surface area contributed by atoms with Gasteiger partial charge in [-0.3, -0.25) is 4.79 Å². The van der Waals surface area contributed by atoms with E-state index in [1.54, 1.807) is 0 Å². The van der Waals surface area contributed by atoms with Gasteiger partial charge < -0.3 is 10.0 Å². The predicted molar refractivity (Wildman–Crippen MR) is 59.7 cm³/mol. The van der Waals surface area contributed by atoms with Crippen molar-refractivity contribution in [2.75, 3.05) is 25.9 Å². The molecule has 2 N–H and O–H groups in total. The highest BCUT2D eigenvalue weighted by Crippen LogP contribution is 2.09. The maximum absolute atomic E-state index is 11.5. The number of carboxylic acid groups (broad SMARTS) is 1. The minimum absolute atomic E-state index is 0.0856. The summed E-state index contributed by atoms with van der Waals surface area (Å²) in [5, 5.41) is 8.42. The summed E-state index contributed by atoms with van der Waals surface area (Å²) in [6.45, 7) is 1.67. The first kappa shape index (κ1) is 13.4. The second kappa shape index (κ2) is 5.60. The summed E-state index contributed by atoms with van der Waals surface area (Å²) in [6.07, 6.45) is 1.43. The lowest BCUT2D eigenvalue weighted by Gasteiger charge is -2.29. The lowest BCUT2D eigenvalue weighted by atomic mass is 10.1. The lowest BCUT2D eigenvalue weighted by molar-refractivity contribution is -0.136. The number of carbonyl (C=O) groups is 1. The average molecular weight is 250 g/mol. The number of aliphatic carboxylic acids is 1. The van der Waals surface area contributed by atoms with Gasteiger partial charge >= 0.3 is 5.97 Å². The van der Waals surface area contributed by atoms with Gasteiger partial charge in [-0.2, -0.15) is 0 Å². The predicted octanol–water partition coefficient (Wildman–Crippen LogP) is -0.525. The molecule has 0 spiro atoms. The van der Waals surface area contributed by atoms with Crippen LogP contribution in [0, 0.1) is 0 Å². The highest BCUT2D eigenvalue weighted by molar-refractivity contribution is 7.89. The van der Waals surface area contributed by atoms with Crippen LogP contribution >= 0.6 is 0 Å². The van der Waals surface area contributed by atoms with Crippen molar-refractivity contribution in [3.8, 4) is 0 Å². The number of hydrogen-bond acceptors (Lipinski definition) is 4. The van der Waals surface area contributed by atoms with E-state index in [4.69, 9.17) is 5.11 Å². The van der Waals surface area contributed by atoms with Crippen molar-refractivity contribution in [1.29, 1.82) is 0 Å². The van der Waals surface area contributed by atoms with E-state index >= 15 is 0 Å². The first-order chi connectivity index (χ1) is 7.39. The van der Waals surface area contributed by atoms with Gasteiger partial charge in [-0.05, 0) is 26.4 Å². The maximum atomic E-state index is 11.5. The largest absolute Gasteiger partial charge is 0.481 e. The summed E-state index contributed by atoms with van der Waals surface area (Å²) in [7, 11) is -1.52. The third kappa shape index (κ3) is 4.91. The highest BCUT2D eigenvalue weighted by atomic mass is 32.2. The second-order valence-electron chi connectivity index (χ2n) is 4.18. The van der Waals surface area contributed by atoms with Gasteiger partial charge in [-0.25, -0.2) is 13.1 Å². The number of likely N-dealkylation sites (N-methyl/N-ethyl adjacent to an activating group) is 1. The van der Waals surface area contributed by atoms with E-state index in [1.165, 1.54) is 0 Å². The van der Waals surface area contributed by atoms with E-state index in [9.17, 15) is 13.2 Å². The van der Waals surface area contributed by atoms with Gasteiger partial charge in [0, 0.05) is 12.6 Å². The number of sulfonamides is 1. The van der Waals surface area contributed by atoms with Gasteiger partial charge in [0.1, 0.15) is 0 Å². The molecule has 1 heterocycles. The van der Waals surface area contributed by atoms with Gasteiger partial charge in [0.2, 0.25) is 10.0 Å². The first-order valence-electron chi connectivity index (χ1n) is 5.29. The fourth-order valence-electron chi connectivity index (χ4n) is 1.80. The molecule has 94 valence electrons. The van der Waals surface area contributed by atoms with Gasteiger partial charge in [0.25, 0.3) is 0 Å². The number of nitrogens with one attached hydrogen (secondary N) is 1. The van der Waals surface area contributed by atoms with Crippen LogP contribution in [0.4, 0.5) is 0 Å². The highest BCUT2D eigenvalue weighted by Gasteiger charge is 2.22. The number of carboxylic acids is 1. The molecular formula is C9H18N2O4S. The molecule has 1 fully saturated rings. The molecule has 1 atom stereocenters. The third-order valence-electron chi connectivity index (χ3n) is 2.56. The summed E-state index contributed by atoms with van der Waals surface area (Å²) < 4.78 is 25.6. The molecule has 0 radical (unpaired) electrons. The SMILES string of the molecule is CN1CCCC(NS(=O)(=O)CCC(=O)O)C1. The number of likely N-dealkylation sites (tertiary alicyclic amines) is 1. The van der Waals surface area contributed by atoms with E-state index in [0.29, 0.717) is 6.54 Å². The molecule has 0 saturated carbocycles. The fourth-order valence-corrected chi connectivity index (χ4v) is 3.06. The first-order valence-corrected chi connectivity index (χ1v) is 6.94. The van der Waals surface area contributed by atoms with Crippen LogP contribution in [0.5, 0.6) is 0 Å². The summed E-state index contributed by atoms with van der Waals surface area (Å²) in [5.41, 5.74) is 0. The van der Waals surface area contributed by atoms with Crippen LogP contribution in [-0.2, 0) is 14.8 Å². The molecule has 1 aliphatic rings. The van der Waals surface area contributed by atoms with E-state index in [-0.39, 0.29) is 18.2 Å². The molecule has 0 aromatic heterocycles. The van der Waals surface area contributed by atoms with Crippen LogP contribution in [0.25, 0.3) is 0 Å². The molecule has 6 nitrogen and oxygen atoms in total. The zero-order chi connectivity index (χ0) is 12.2. The van der Waals surface area contributed by atoms with Gasteiger partial charge in [-0.15, -0.1) is 0 Å². The average Bonchev–Trinajstić information content (AvgIpc) is 2.14. The fraction of sp³-hybridized carbons (Fsp3) is 0.889. The molecule has 16 heavy (non-hydrogen) atoms. The Hall–Kier alpha value is -0.660. The lowest BCUT2D eigenvalue weighted by Crippen LogP contribution is -2.46. The molecule has 0 aromatic rings. The Morgan fingerprint density at radius 1 is 1.56 bits per heavy atom. The second-order valence-corrected chi connectivity index (χ2v) is 6.06. The van der Waals surface area contributed by atoms with Crippen molar-refractivity contribution < 1.29 is 18.3 Å². The molecule has 1 aliphatic heterocycles. The maximum Gasteiger partial charge on any atom is 0.304 e. The van der Waals surface area contributed by atoms with Crippen LogP contribution in [0.1, 0.15) is 19.3 Å². The Bertz CT molecular complexity index is 341. The zero-order valence-corrected chi connectivity index (χ0v) is 10.2. The minimum Gasteiger partial charge on any atom is -0.481 e. The van der Waals surface area contributed by atoms with Crippen LogP contribution < -0.4 is 4.72 Å². The Morgan fingerprint density at radius 3 is 2.81 bits per heavy atom. The molecule has 7 heteroatoms. The standard InChI is InChI=1S/C9H18N2O4S/c1-11-5-2-3-8(7-11)10-16(14,15)6-4-9(12)13/h8,10H,2-7H2,1H3,(H,12,13). The molecule has 0 aromatic carbocycles. The van der Waals surface area contributed by atoms with E-state index in [2.05, 4.69) is 9.62 Å². The molecule has 1 saturated heterocycles. The molecular weight excluding hydrogens is 232 g/mol. The normalized spacial score (nSPS) is 23.2. The summed E-state index contributed by atoms with van der Waals surface area (Å²) in [4.78, 5) is 12.4. The van der Waals surface area contributed by atoms with Crippen LogP contribution in [0.3, 0.4) is 0 Å². The van der Waals surface area contributed by atoms with Crippen molar-refractivity contribution >= 4 is 16.0 Å². The zero-order valence-electron chi connectivity index (χ0n) is 9.35. The Labute approximate surface area is 95.7 Å². The topological polar surface area (TPSA) is 86.7 Å². The minimum atomic E-state index is -3.46. The van der Waals surface area contributed by atoms with Crippen molar-refractivity contribution in [1.82, 2.24) is 9.62 Å². The number of piperidine rings is 1. The van der Waals surface area contributed by atoms with Gasteiger partial charge in [0.05, 0.1) is 12.2 Å². The Kier molecular flexibility index (Phi) is 4.69. The van der Waals surface area contributed by atoms with Crippen LogP contribution in [0.15, 0.2) is 0 Å². The third-order valence-corrected chi connectivity index (χ3v) is 3.99. The van der Waals surface area contributed by atoms with E-state index in [1.807, 2.05) is 7.05 Å². The van der Waals surface area contributed by atoms with Crippen molar-refractivity contribution in [3.63, 3.8) is 0 Å². The smallest absolute Gasteiger partial charge is 0.304 e. The quantitative estimate of drug-likeness (QED) is 0.685. The number of hydrogen-bond donors (Lipinski definition) is 2. The van der Waals surface area contributed by atoms with Crippen LogP contribution in [-0.4, -0.2) is 56.3 Å². The molecule has 1 unspecified atom stereocenters. The number of nitrogens with zero attached hydrogens (tertiary/aromatic N) is 1. The molecule has 1 rings (SSSR count). The van der Waals surface area contributed by atoms with Crippen molar-refractivity contribution in [2.24, 2.45) is 0 Å². The summed E-state index contributed by atoms with van der Waals surface area (Å²) in [6, 6.07) is -0.0856. The van der Waals surface area contributed by atoms with Crippen molar-refractivity contribution in [3.05, 3.63) is 0 Å². The molecule has 0 amide bonds. The molecule has 0 aliphatic carbocycles.